The van der Waals surface area contributed by atoms with Gasteiger partial charge in [-0.15, -0.1) is 0 Å². The second kappa shape index (κ2) is 10.9. The number of nitrogens with one attached hydrogen (secondary N) is 2. The van der Waals surface area contributed by atoms with Gasteiger partial charge in [-0.05, 0) is 43.1 Å². The van der Waals surface area contributed by atoms with Crippen molar-refractivity contribution in [2.75, 3.05) is 26.7 Å². The molecule has 0 radical (unpaired) electrons. The second-order valence-electron chi connectivity index (χ2n) is 6.42. The maximum atomic E-state index is 12.1. The molecule has 5 heteroatoms. The highest BCUT2D eigenvalue weighted by Crippen LogP contribution is 2.12. The van der Waals surface area contributed by atoms with E-state index in [1.807, 2.05) is 24.3 Å². The summed E-state index contributed by atoms with van der Waals surface area (Å²) in [6.45, 7) is 11.9. The number of urea groups is 1. The molecule has 0 aromatic heterocycles. The highest BCUT2D eigenvalue weighted by molar-refractivity contribution is 5.73. The third-order valence-electron chi connectivity index (χ3n) is 4.16. The van der Waals surface area contributed by atoms with Gasteiger partial charge in [0.25, 0.3) is 0 Å². The molecule has 2 amide bonds. The molecule has 1 unspecified atom stereocenters. The summed E-state index contributed by atoms with van der Waals surface area (Å²) in [6.07, 6.45) is 1.08. The van der Waals surface area contributed by atoms with Crippen molar-refractivity contribution in [2.45, 2.75) is 46.7 Å². The number of hydrogen-bond acceptors (Lipinski definition) is 3. The summed E-state index contributed by atoms with van der Waals surface area (Å²) < 4.78 is 5.19. The lowest BCUT2D eigenvalue weighted by Crippen LogP contribution is -2.46. The van der Waals surface area contributed by atoms with Crippen LogP contribution in [0.15, 0.2) is 24.3 Å². The van der Waals surface area contributed by atoms with Gasteiger partial charge >= 0.3 is 6.03 Å². The zero-order chi connectivity index (χ0) is 17.9. The number of rotatable bonds is 10. The number of amides is 2. The number of likely N-dealkylation sites (N-methyl/N-ethyl adjacent to an activating group) is 1. The van der Waals surface area contributed by atoms with Crippen LogP contribution in [0, 0.1) is 5.92 Å². The minimum absolute atomic E-state index is 0.126. The second-order valence-corrected chi connectivity index (χ2v) is 6.42. The number of ether oxygens (including phenoxy) is 1. The van der Waals surface area contributed by atoms with Crippen LogP contribution in [0.4, 0.5) is 4.79 Å². The minimum atomic E-state index is -0.126. The van der Waals surface area contributed by atoms with Gasteiger partial charge < -0.3 is 15.4 Å². The van der Waals surface area contributed by atoms with Gasteiger partial charge in [0.1, 0.15) is 5.75 Å². The molecule has 0 saturated carbocycles. The van der Waals surface area contributed by atoms with Crippen LogP contribution in [-0.2, 0) is 6.54 Å². The standard InChI is InChI=1S/C19H33N3O2/c1-6-22(7-2)17(11-15(3)4)14-21-19(23)20-13-16-9-8-10-18(12-16)24-5/h8-10,12,15,17H,6-7,11,13-14H2,1-5H3,(H2,20,21,23). The van der Waals surface area contributed by atoms with Gasteiger partial charge in [0.2, 0.25) is 0 Å². The molecule has 24 heavy (non-hydrogen) atoms. The molecule has 0 aliphatic heterocycles. The summed E-state index contributed by atoms with van der Waals surface area (Å²) in [6, 6.07) is 7.97. The number of methoxy groups -OCH3 is 1. The van der Waals surface area contributed by atoms with Gasteiger partial charge in [0.05, 0.1) is 7.11 Å². The Morgan fingerprint density at radius 3 is 2.50 bits per heavy atom. The number of hydrogen-bond donors (Lipinski definition) is 2. The van der Waals surface area contributed by atoms with Crippen molar-refractivity contribution >= 4 is 6.03 Å². The monoisotopic (exact) mass is 335 g/mol. The highest BCUT2D eigenvalue weighted by atomic mass is 16.5. The predicted octanol–water partition coefficient (Wildman–Crippen LogP) is 3.25. The lowest BCUT2D eigenvalue weighted by atomic mass is 10.0. The van der Waals surface area contributed by atoms with Crippen molar-refractivity contribution in [3.8, 4) is 5.75 Å². The first-order valence-corrected chi connectivity index (χ1v) is 8.88. The Balaban J connectivity index is 2.47. The van der Waals surface area contributed by atoms with Gasteiger partial charge in [-0.2, -0.15) is 0 Å². The Kier molecular flexibility index (Phi) is 9.23. The van der Waals surface area contributed by atoms with E-state index in [-0.39, 0.29) is 6.03 Å². The van der Waals surface area contributed by atoms with Crippen LogP contribution in [0.3, 0.4) is 0 Å². The Morgan fingerprint density at radius 2 is 1.92 bits per heavy atom. The van der Waals surface area contributed by atoms with Crippen molar-refractivity contribution < 1.29 is 9.53 Å². The van der Waals surface area contributed by atoms with Crippen LogP contribution in [-0.4, -0.2) is 43.7 Å². The molecule has 1 rings (SSSR count). The molecule has 0 heterocycles. The van der Waals surface area contributed by atoms with E-state index in [4.69, 9.17) is 4.74 Å². The predicted molar refractivity (Wildman–Crippen MR) is 99.4 cm³/mol. The van der Waals surface area contributed by atoms with Crippen LogP contribution in [0.2, 0.25) is 0 Å². The normalized spacial score (nSPS) is 12.3. The summed E-state index contributed by atoms with van der Waals surface area (Å²) >= 11 is 0. The summed E-state index contributed by atoms with van der Waals surface area (Å²) in [4.78, 5) is 14.5. The van der Waals surface area contributed by atoms with Gasteiger partial charge in [-0.3, -0.25) is 4.90 Å². The summed E-state index contributed by atoms with van der Waals surface area (Å²) in [5.74, 6) is 1.41. The topological polar surface area (TPSA) is 53.6 Å². The van der Waals surface area contributed by atoms with Crippen LogP contribution in [0.25, 0.3) is 0 Å². The number of carbonyl (C=O) groups excluding carboxylic acids is 1. The molecule has 1 aromatic carbocycles. The van der Waals surface area contributed by atoms with Crippen molar-refractivity contribution in [2.24, 2.45) is 5.92 Å². The molecule has 1 aromatic rings. The smallest absolute Gasteiger partial charge is 0.315 e. The van der Waals surface area contributed by atoms with Gasteiger partial charge in [-0.25, -0.2) is 4.79 Å². The molecule has 0 aliphatic rings. The fourth-order valence-corrected chi connectivity index (χ4v) is 2.88. The van der Waals surface area contributed by atoms with Crippen molar-refractivity contribution in [3.05, 3.63) is 29.8 Å². The van der Waals surface area contributed by atoms with Gasteiger partial charge in [0, 0.05) is 19.1 Å². The van der Waals surface area contributed by atoms with E-state index in [2.05, 4.69) is 43.2 Å². The van der Waals surface area contributed by atoms with E-state index < -0.39 is 0 Å². The molecular formula is C19H33N3O2. The first-order valence-electron chi connectivity index (χ1n) is 8.88. The zero-order valence-electron chi connectivity index (χ0n) is 15.8. The van der Waals surface area contributed by atoms with Crippen molar-refractivity contribution in [1.29, 1.82) is 0 Å². The fourth-order valence-electron chi connectivity index (χ4n) is 2.88. The first kappa shape index (κ1) is 20.3. The molecule has 136 valence electrons. The highest BCUT2D eigenvalue weighted by Gasteiger charge is 2.17. The van der Waals surface area contributed by atoms with E-state index in [1.54, 1.807) is 7.11 Å². The summed E-state index contributed by atoms with van der Waals surface area (Å²) in [5.41, 5.74) is 1.02. The lowest BCUT2D eigenvalue weighted by molar-refractivity contribution is 0.184. The largest absolute Gasteiger partial charge is 0.497 e. The molecule has 0 spiro atoms. The van der Waals surface area contributed by atoms with E-state index in [1.165, 1.54) is 0 Å². The number of carbonyl (C=O) groups is 1. The quantitative estimate of drug-likeness (QED) is 0.690. The Morgan fingerprint density at radius 1 is 1.21 bits per heavy atom. The van der Waals surface area contributed by atoms with Crippen LogP contribution < -0.4 is 15.4 Å². The van der Waals surface area contributed by atoms with E-state index in [0.717, 1.165) is 30.8 Å². The lowest BCUT2D eigenvalue weighted by Gasteiger charge is -2.31. The number of benzene rings is 1. The van der Waals surface area contributed by atoms with Crippen molar-refractivity contribution in [1.82, 2.24) is 15.5 Å². The molecule has 0 saturated heterocycles. The first-order chi connectivity index (χ1) is 11.5. The van der Waals surface area contributed by atoms with Crippen molar-refractivity contribution in [3.63, 3.8) is 0 Å². The third-order valence-corrected chi connectivity index (χ3v) is 4.16. The van der Waals surface area contributed by atoms with Gasteiger partial charge in [0.15, 0.2) is 0 Å². The average molecular weight is 335 g/mol. The van der Waals surface area contributed by atoms with E-state index >= 15 is 0 Å². The molecule has 2 N–H and O–H groups in total. The molecule has 0 fully saturated rings. The average Bonchev–Trinajstić information content (AvgIpc) is 2.58. The molecular weight excluding hydrogens is 302 g/mol. The molecule has 5 nitrogen and oxygen atoms in total. The van der Waals surface area contributed by atoms with Crippen LogP contribution in [0.1, 0.15) is 39.7 Å². The Labute approximate surface area is 146 Å². The number of nitrogens with zero attached hydrogens (tertiary/aromatic N) is 1. The minimum Gasteiger partial charge on any atom is -0.497 e. The summed E-state index contributed by atoms with van der Waals surface area (Å²) in [5, 5.41) is 5.92. The maximum absolute atomic E-state index is 12.1. The van der Waals surface area contributed by atoms with Gasteiger partial charge in [-0.1, -0.05) is 39.8 Å². The molecule has 0 bridgehead atoms. The summed E-state index contributed by atoms with van der Waals surface area (Å²) in [7, 11) is 1.64. The Hall–Kier alpha value is -1.75. The maximum Gasteiger partial charge on any atom is 0.315 e. The SMILES string of the molecule is CCN(CC)C(CNC(=O)NCc1cccc(OC)c1)CC(C)C. The Bertz CT molecular complexity index is 487. The van der Waals surface area contributed by atoms with E-state index in [0.29, 0.717) is 25.0 Å². The fraction of sp³-hybridized carbons (Fsp3) is 0.632. The molecule has 1 atom stereocenters. The van der Waals surface area contributed by atoms with Crippen LogP contribution in [0.5, 0.6) is 5.75 Å². The van der Waals surface area contributed by atoms with Crippen LogP contribution >= 0.6 is 0 Å². The zero-order valence-corrected chi connectivity index (χ0v) is 15.8. The van der Waals surface area contributed by atoms with E-state index in [9.17, 15) is 4.79 Å². The molecule has 0 aliphatic carbocycles. The third kappa shape index (κ3) is 7.21.